The van der Waals surface area contributed by atoms with Crippen LogP contribution in [0.1, 0.15) is 18.1 Å². The Morgan fingerprint density at radius 1 is 0.325 bits per heavy atom. The summed E-state index contributed by atoms with van der Waals surface area (Å²) in [6.07, 6.45) is 0.886. The van der Waals surface area contributed by atoms with Crippen LogP contribution in [0.3, 0.4) is 0 Å². The van der Waals surface area contributed by atoms with Crippen molar-refractivity contribution in [2.75, 3.05) is 0 Å². The van der Waals surface area contributed by atoms with Gasteiger partial charge in [0, 0.05) is 48.4 Å². The lowest BCUT2D eigenvalue weighted by molar-refractivity contribution is 1.11. The van der Waals surface area contributed by atoms with Crippen LogP contribution in [0.5, 0.6) is 0 Å². The van der Waals surface area contributed by atoms with Crippen LogP contribution in [-0.4, -0.2) is 9.13 Å². The zero-order valence-corrected chi connectivity index (χ0v) is 45.2. The Morgan fingerprint density at radius 3 is 1.27 bits per heavy atom. The molecule has 3 heterocycles. The molecule has 0 aliphatic rings. The highest BCUT2D eigenvalue weighted by atomic mass is 32.1. The second-order valence-corrected chi connectivity index (χ2v) is 22.5. The monoisotopic (exact) mass is 1040 g/mol. The fraction of sp³-hybridized carbons (Fsp3) is 0.0390. The van der Waals surface area contributed by atoms with Gasteiger partial charge in [-0.2, -0.15) is 0 Å². The van der Waals surface area contributed by atoms with Crippen molar-refractivity contribution in [3.63, 3.8) is 0 Å². The van der Waals surface area contributed by atoms with Gasteiger partial charge in [-0.15, -0.1) is 11.3 Å². The van der Waals surface area contributed by atoms with E-state index in [1.807, 2.05) is 11.3 Å². The van der Waals surface area contributed by atoms with Gasteiger partial charge in [0.05, 0.1) is 26.8 Å². The Kier molecular flexibility index (Phi) is 10.7. The quantitative estimate of drug-likeness (QED) is 0.144. The number of nitrogens with zero attached hydrogens (tertiary/aromatic N) is 2. The molecule has 0 bridgehead atoms. The third-order valence-corrected chi connectivity index (χ3v) is 18.2. The van der Waals surface area contributed by atoms with Gasteiger partial charge >= 0.3 is 0 Å². The number of hydrogen-bond donors (Lipinski definition) is 0. The Morgan fingerprint density at radius 2 is 0.725 bits per heavy atom. The summed E-state index contributed by atoms with van der Waals surface area (Å²) in [6, 6.07) is 99.2. The molecular weight excluding hydrogens is 985 g/mol. The van der Waals surface area contributed by atoms with Crippen molar-refractivity contribution in [3.8, 4) is 67.0 Å². The van der Waals surface area contributed by atoms with Gasteiger partial charge in [-0.3, -0.25) is 0 Å². The number of hydrogen-bond acceptors (Lipinski definition) is 1. The summed E-state index contributed by atoms with van der Waals surface area (Å²) in [5.41, 5.74) is 22.2. The molecule has 0 radical (unpaired) electrons. The van der Waals surface area contributed by atoms with Gasteiger partial charge < -0.3 is 9.13 Å². The number of aryl methyl sites for hydroxylation is 2. The van der Waals surface area contributed by atoms with E-state index in [-0.39, 0.29) is 0 Å². The normalized spacial score (nSPS) is 11.9. The molecule has 16 aromatic rings. The van der Waals surface area contributed by atoms with Gasteiger partial charge in [0.25, 0.3) is 0 Å². The van der Waals surface area contributed by atoms with Gasteiger partial charge in [0.1, 0.15) is 0 Å². The van der Waals surface area contributed by atoms with Crippen molar-refractivity contribution in [1.29, 1.82) is 0 Å². The molecule has 3 aromatic heterocycles. The van der Waals surface area contributed by atoms with Crippen LogP contribution in [0.4, 0.5) is 0 Å². The zero-order valence-electron chi connectivity index (χ0n) is 44.4. The molecule has 0 saturated heterocycles. The fourth-order valence-electron chi connectivity index (χ4n) is 13.4. The van der Waals surface area contributed by atoms with Crippen molar-refractivity contribution >= 4 is 96.7 Å². The van der Waals surface area contributed by atoms with Crippen LogP contribution in [0, 0.1) is 6.92 Å². The minimum atomic E-state index is 0.886. The summed E-state index contributed by atoms with van der Waals surface area (Å²) < 4.78 is 7.70. The highest BCUT2D eigenvalue weighted by Crippen LogP contribution is 2.50. The topological polar surface area (TPSA) is 9.86 Å². The van der Waals surface area contributed by atoms with Gasteiger partial charge in [0.15, 0.2) is 0 Å². The summed E-state index contributed by atoms with van der Waals surface area (Å²) in [4.78, 5) is 0. The molecule has 0 saturated carbocycles. The summed E-state index contributed by atoms with van der Waals surface area (Å²) >= 11 is 1.91. The first-order valence-electron chi connectivity index (χ1n) is 27.9. The maximum Gasteiger partial charge on any atom is 0.0726 e. The average molecular weight is 1040 g/mol. The number of rotatable bonds is 8. The van der Waals surface area contributed by atoms with E-state index in [0.29, 0.717) is 0 Å². The lowest BCUT2D eigenvalue weighted by atomic mass is 9.87. The average Bonchev–Trinajstić information content (AvgIpc) is 4.34. The van der Waals surface area contributed by atoms with E-state index in [1.54, 1.807) is 0 Å². The van der Waals surface area contributed by atoms with E-state index >= 15 is 0 Å². The Balaban J connectivity index is 0.867. The summed E-state index contributed by atoms with van der Waals surface area (Å²) in [7, 11) is 0. The maximum atomic E-state index is 2.54. The molecule has 0 aliphatic carbocycles. The second kappa shape index (κ2) is 18.4. The van der Waals surface area contributed by atoms with Gasteiger partial charge in [-0.1, -0.05) is 219 Å². The molecule has 16 rings (SSSR count). The number of fused-ring (bicyclic) bond motifs is 15. The molecule has 0 spiro atoms. The Labute approximate surface area is 468 Å². The third-order valence-electron chi connectivity index (χ3n) is 17.0. The molecule has 13 aromatic carbocycles. The van der Waals surface area contributed by atoms with Crippen molar-refractivity contribution in [3.05, 3.63) is 278 Å². The lowest BCUT2D eigenvalue weighted by Gasteiger charge is -2.19. The number of benzene rings is 13. The molecule has 0 N–H and O–H groups in total. The van der Waals surface area contributed by atoms with E-state index < -0.39 is 0 Å². The molecule has 0 atom stereocenters. The highest BCUT2D eigenvalue weighted by Gasteiger charge is 2.25. The van der Waals surface area contributed by atoms with Crippen molar-refractivity contribution < 1.29 is 0 Å². The van der Waals surface area contributed by atoms with E-state index in [4.69, 9.17) is 0 Å². The predicted molar refractivity (Wildman–Crippen MR) is 344 cm³/mol. The lowest BCUT2D eigenvalue weighted by Crippen LogP contribution is -2.00. The van der Waals surface area contributed by atoms with Crippen molar-refractivity contribution in [1.82, 2.24) is 9.13 Å². The van der Waals surface area contributed by atoms with E-state index in [2.05, 4.69) is 290 Å². The first-order valence-corrected chi connectivity index (χ1v) is 28.7. The number of thiophene rings is 1. The Bertz CT molecular complexity index is 5120. The molecule has 376 valence electrons. The molecule has 0 unspecified atom stereocenters. The first-order chi connectivity index (χ1) is 39.6. The Hall–Kier alpha value is -9.80. The smallest absolute Gasteiger partial charge is 0.0726 e. The van der Waals surface area contributed by atoms with Crippen LogP contribution in [0.15, 0.2) is 267 Å². The van der Waals surface area contributed by atoms with E-state index in [9.17, 15) is 0 Å². The largest absolute Gasteiger partial charge is 0.309 e. The van der Waals surface area contributed by atoms with Crippen LogP contribution in [-0.2, 0) is 6.42 Å². The van der Waals surface area contributed by atoms with Crippen LogP contribution in [0.2, 0.25) is 0 Å². The molecule has 0 fully saturated rings. The minimum absolute atomic E-state index is 0.886. The van der Waals surface area contributed by atoms with Crippen LogP contribution in [0.25, 0.3) is 152 Å². The molecular formula is C77H52N2S. The second-order valence-electron chi connectivity index (χ2n) is 21.4. The third kappa shape index (κ3) is 7.10. The van der Waals surface area contributed by atoms with E-state index in [0.717, 1.165) is 17.8 Å². The van der Waals surface area contributed by atoms with Crippen LogP contribution < -0.4 is 0 Å². The van der Waals surface area contributed by atoms with Crippen LogP contribution >= 0.6 is 11.3 Å². The molecule has 0 aliphatic heterocycles. The van der Waals surface area contributed by atoms with Gasteiger partial charge in [0.2, 0.25) is 0 Å². The van der Waals surface area contributed by atoms with Crippen molar-refractivity contribution in [2.24, 2.45) is 0 Å². The fourth-order valence-corrected chi connectivity index (χ4v) is 14.6. The molecule has 2 nitrogen and oxygen atoms in total. The van der Waals surface area contributed by atoms with Gasteiger partial charge in [-0.25, -0.2) is 0 Å². The SMILES string of the molecule is CCc1c(-c2ccccc2C)c2ccccc2c2c3cc(-c4ccc(-c5ccc6c(c5)c5c7ccccc7c7c8ccccc8sc7c5n6-c5ccc(-c6ccccc6)cc5)cc4)ccc3n(-c3ccc(-c4ccccc4)cc3)c12. The molecule has 3 heteroatoms. The molecule has 80 heavy (non-hydrogen) atoms. The summed E-state index contributed by atoms with van der Waals surface area (Å²) in [6.45, 7) is 4.57. The minimum Gasteiger partial charge on any atom is -0.309 e. The zero-order chi connectivity index (χ0) is 53.0. The summed E-state index contributed by atoms with van der Waals surface area (Å²) in [5, 5.41) is 12.9. The van der Waals surface area contributed by atoms with Gasteiger partial charge in [-0.05, 0) is 156 Å². The summed E-state index contributed by atoms with van der Waals surface area (Å²) in [5.74, 6) is 0. The first kappa shape index (κ1) is 46.3. The standard InChI is InChI=1S/C77H52N2S/c1-3-59-71(60-23-11-10-18-48(60)2)61-24-12-13-25-62(61)72-66-46-55(38-44-68(66)78(75(59)72)57-40-34-51(35-41-57)49-19-6-4-7-20-49)53-30-32-54(33-31-53)56-39-45-69-67(47-56)73-63-26-14-15-27-64(63)74-65-28-16-17-29-70(65)80-77(74)76(73)79(69)58-42-36-52(37-43-58)50-21-8-5-9-22-50/h4-47H,3H2,1-2H3. The highest BCUT2D eigenvalue weighted by molar-refractivity contribution is 7.27. The number of aromatic nitrogens is 2. The predicted octanol–water partition coefficient (Wildman–Crippen LogP) is 21.8. The van der Waals surface area contributed by atoms with E-state index in [1.165, 1.54) is 152 Å². The van der Waals surface area contributed by atoms with Crippen molar-refractivity contribution in [2.45, 2.75) is 20.3 Å². The maximum absolute atomic E-state index is 2.54. The molecule has 0 amide bonds.